The van der Waals surface area contributed by atoms with Gasteiger partial charge in [-0.05, 0) is 32.1 Å². The highest BCUT2D eigenvalue weighted by Gasteiger charge is 2.18. The number of carbonyl (C=O) groups is 2. The summed E-state index contributed by atoms with van der Waals surface area (Å²) in [5.41, 5.74) is 0. The average molecular weight is 905 g/mol. The molecular formula is C58H113NO5. The van der Waals surface area contributed by atoms with Crippen LogP contribution in [0.1, 0.15) is 322 Å². The molecule has 0 bridgehead atoms. The number of amides is 1. The quantitative estimate of drug-likeness (QED) is 0.0321. The largest absolute Gasteiger partial charge is 0.466 e. The molecule has 6 nitrogen and oxygen atoms in total. The van der Waals surface area contributed by atoms with Crippen LogP contribution in [-0.4, -0.2) is 47.4 Å². The number of hydrogen-bond donors (Lipinski definition) is 3. The molecule has 1 amide bonds. The number of aliphatic hydroxyl groups excluding tert-OH is 2. The van der Waals surface area contributed by atoms with Crippen LogP contribution in [-0.2, 0) is 14.3 Å². The number of ether oxygens (including phenoxy) is 1. The normalized spacial score (nSPS) is 12.6. The number of unbranched alkanes of at least 4 members (excludes halogenated alkanes) is 43. The maximum atomic E-state index is 12.4. The molecule has 0 heterocycles. The van der Waals surface area contributed by atoms with Crippen LogP contribution in [0.2, 0.25) is 0 Å². The molecule has 2 unspecified atom stereocenters. The number of esters is 1. The fourth-order valence-corrected chi connectivity index (χ4v) is 9.11. The molecule has 0 aliphatic carbocycles. The minimum Gasteiger partial charge on any atom is -0.466 e. The number of aliphatic hydroxyl groups is 2. The van der Waals surface area contributed by atoms with E-state index in [1.54, 1.807) is 6.08 Å². The monoisotopic (exact) mass is 904 g/mol. The molecule has 0 saturated heterocycles. The fourth-order valence-electron chi connectivity index (χ4n) is 9.11. The van der Waals surface area contributed by atoms with Gasteiger partial charge in [0.2, 0.25) is 5.91 Å². The highest BCUT2D eigenvalue weighted by Crippen LogP contribution is 2.17. The van der Waals surface area contributed by atoms with E-state index in [4.69, 9.17) is 4.74 Å². The van der Waals surface area contributed by atoms with Gasteiger partial charge in [-0.3, -0.25) is 9.59 Å². The van der Waals surface area contributed by atoms with Gasteiger partial charge in [-0.1, -0.05) is 289 Å². The summed E-state index contributed by atoms with van der Waals surface area (Å²) < 4.78 is 5.47. The Labute approximate surface area is 399 Å². The first-order valence-corrected chi connectivity index (χ1v) is 29.0. The predicted molar refractivity (Wildman–Crippen MR) is 278 cm³/mol. The Bertz CT molecular complexity index is 955. The third-order valence-electron chi connectivity index (χ3n) is 13.6. The Morgan fingerprint density at radius 2 is 0.719 bits per heavy atom. The van der Waals surface area contributed by atoms with E-state index in [2.05, 4.69) is 19.2 Å². The first-order chi connectivity index (χ1) is 31.5. The Morgan fingerprint density at radius 3 is 1.06 bits per heavy atom. The highest BCUT2D eigenvalue weighted by atomic mass is 16.5. The van der Waals surface area contributed by atoms with Gasteiger partial charge in [-0.25, -0.2) is 0 Å². The van der Waals surface area contributed by atoms with E-state index in [9.17, 15) is 19.8 Å². The van der Waals surface area contributed by atoms with Gasteiger partial charge in [0.15, 0.2) is 0 Å². The van der Waals surface area contributed by atoms with Crippen molar-refractivity contribution in [2.24, 2.45) is 0 Å². The van der Waals surface area contributed by atoms with E-state index >= 15 is 0 Å². The number of rotatable bonds is 54. The van der Waals surface area contributed by atoms with Crippen LogP contribution in [0, 0.1) is 0 Å². The summed E-state index contributed by atoms with van der Waals surface area (Å²) in [5.74, 6) is -0.0521. The van der Waals surface area contributed by atoms with Crippen LogP contribution in [0.4, 0.5) is 0 Å². The van der Waals surface area contributed by atoms with Crippen LogP contribution in [0.3, 0.4) is 0 Å². The summed E-state index contributed by atoms with van der Waals surface area (Å²) in [4.78, 5) is 24.4. The highest BCUT2D eigenvalue weighted by molar-refractivity contribution is 5.76. The lowest BCUT2D eigenvalue weighted by Crippen LogP contribution is -2.45. The minimum atomic E-state index is -0.842. The van der Waals surface area contributed by atoms with Crippen molar-refractivity contribution in [3.63, 3.8) is 0 Å². The van der Waals surface area contributed by atoms with Crippen LogP contribution in [0.5, 0.6) is 0 Å². The van der Waals surface area contributed by atoms with Crippen LogP contribution in [0.25, 0.3) is 0 Å². The molecule has 0 aromatic heterocycles. The van der Waals surface area contributed by atoms with Crippen molar-refractivity contribution in [2.75, 3.05) is 13.2 Å². The van der Waals surface area contributed by atoms with E-state index < -0.39 is 12.1 Å². The van der Waals surface area contributed by atoms with Crippen LogP contribution >= 0.6 is 0 Å². The fraction of sp³-hybridized carbons (Fsp3) is 0.931. The van der Waals surface area contributed by atoms with E-state index in [1.807, 2.05) is 6.08 Å². The minimum absolute atomic E-state index is 0.0148. The van der Waals surface area contributed by atoms with Crippen molar-refractivity contribution < 1.29 is 24.5 Å². The molecule has 0 aromatic rings. The number of allylic oxidation sites excluding steroid dienone is 1. The van der Waals surface area contributed by atoms with E-state index in [-0.39, 0.29) is 18.5 Å². The van der Waals surface area contributed by atoms with Crippen molar-refractivity contribution in [2.45, 2.75) is 334 Å². The Balaban J connectivity index is 3.37. The van der Waals surface area contributed by atoms with Crippen molar-refractivity contribution >= 4 is 11.9 Å². The molecule has 0 fully saturated rings. The van der Waals surface area contributed by atoms with Crippen molar-refractivity contribution in [1.82, 2.24) is 5.32 Å². The Kier molecular flexibility index (Phi) is 53.0. The van der Waals surface area contributed by atoms with Crippen LogP contribution < -0.4 is 5.32 Å². The lowest BCUT2D eigenvalue weighted by atomic mass is 10.0. The van der Waals surface area contributed by atoms with Gasteiger partial charge in [0.1, 0.15) is 0 Å². The van der Waals surface area contributed by atoms with Crippen molar-refractivity contribution in [1.29, 1.82) is 0 Å². The second-order valence-electron chi connectivity index (χ2n) is 20.0. The number of carbonyl (C=O) groups excluding carboxylic acids is 2. The maximum Gasteiger partial charge on any atom is 0.305 e. The summed E-state index contributed by atoms with van der Waals surface area (Å²) in [6.07, 6.45) is 63.8. The smallest absolute Gasteiger partial charge is 0.305 e. The third kappa shape index (κ3) is 50.0. The molecule has 0 radical (unpaired) electrons. The summed E-state index contributed by atoms with van der Waals surface area (Å²) in [5, 5.41) is 23.0. The standard InChI is InChI=1S/C58H113NO5/c1-3-5-7-9-11-13-15-30-34-38-42-46-50-56(61)55(54-60)59-57(62)51-47-43-39-35-31-28-26-24-22-20-18-17-19-21-23-25-27-29-33-37-41-45-49-53-64-58(63)52-48-44-40-36-32-16-14-12-10-8-6-4-2/h46,50,55-56,60-61H,3-45,47-49,51-54H2,1-2H3,(H,59,62)/b50-46+. The lowest BCUT2D eigenvalue weighted by molar-refractivity contribution is -0.143. The van der Waals surface area contributed by atoms with Crippen LogP contribution in [0.15, 0.2) is 12.2 Å². The molecule has 0 saturated carbocycles. The van der Waals surface area contributed by atoms with Gasteiger partial charge >= 0.3 is 5.97 Å². The van der Waals surface area contributed by atoms with E-state index in [1.165, 1.54) is 257 Å². The van der Waals surface area contributed by atoms with Crippen molar-refractivity contribution in [3.8, 4) is 0 Å². The van der Waals surface area contributed by atoms with E-state index in [0.717, 1.165) is 38.5 Å². The molecule has 3 N–H and O–H groups in total. The van der Waals surface area contributed by atoms with Gasteiger partial charge in [-0.2, -0.15) is 0 Å². The second-order valence-corrected chi connectivity index (χ2v) is 20.0. The van der Waals surface area contributed by atoms with Gasteiger partial charge in [0, 0.05) is 12.8 Å². The molecular weight excluding hydrogens is 791 g/mol. The van der Waals surface area contributed by atoms with Crippen molar-refractivity contribution in [3.05, 3.63) is 12.2 Å². The third-order valence-corrected chi connectivity index (χ3v) is 13.6. The zero-order chi connectivity index (χ0) is 46.5. The number of nitrogens with one attached hydrogen (secondary N) is 1. The Hall–Kier alpha value is -1.40. The second kappa shape index (κ2) is 54.2. The molecule has 0 spiro atoms. The summed E-state index contributed by atoms with van der Waals surface area (Å²) >= 11 is 0. The van der Waals surface area contributed by atoms with Gasteiger partial charge in [-0.15, -0.1) is 0 Å². The first-order valence-electron chi connectivity index (χ1n) is 29.0. The molecule has 0 rings (SSSR count). The molecule has 2 atom stereocenters. The zero-order valence-corrected chi connectivity index (χ0v) is 43.3. The average Bonchev–Trinajstić information content (AvgIpc) is 3.29. The maximum absolute atomic E-state index is 12.4. The molecule has 380 valence electrons. The Morgan fingerprint density at radius 1 is 0.422 bits per heavy atom. The SMILES string of the molecule is CCCCCCCCCCCC/C=C/C(O)C(CO)NC(=O)CCCCCCCCCCCCCCCCCCCCCCCCCOC(=O)CCCCCCCCCCCCCC. The number of hydrogen-bond acceptors (Lipinski definition) is 5. The van der Waals surface area contributed by atoms with Gasteiger partial charge in [0.05, 0.1) is 25.4 Å². The zero-order valence-electron chi connectivity index (χ0n) is 43.3. The predicted octanol–water partition coefficient (Wildman–Crippen LogP) is 17.7. The summed E-state index contributed by atoms with van der Waals surface area (Å²) in [6.45, 7) is 4.91. The van der Waals surface area contributed by atoms with E-state index in [0.29, 0.717) is 19.4 Å². The summed E-state index contributed by atoms with van der Waals surface area (Å²) in [7, 11) is 0. The summed E-state index contributed by atoms with van der Waals surface area (Å²) in [6, 6.07) is -0.625. The molecule has 64 heavy (non-hydrogen) atoms. The lowest BCUT2D eigenvalue weighted by Gasteiger charge is -2.20. The molecule has 6 heteroatoms. The molecule has 0 aliphatic rings. The van der Waals surface area contributed by atoms with Gasteiger partial charge in [0.25, 0.3) is 0 Å². The first kappa shape index (κ1) is 62.6. The molecule has 0 aliphatic heterocycles. The molecule has 0 aromatic carbocycles. The topological polar surface area (TPSA) is 95.9 Å². The van der Waals surface area contributed by atoms with Gasteiger partial charge < -0.3 is 20.3 Å².